The van der Waals surface area contributed by atoms with Gasteiger partial charge in [0.05, 0.1) is 6.54 Å². The lowest BCUT2D eigenvalue weighted by molar-refractivity contribution is 0.626. The molecule has 0 aliphatic heterocycles. The number of hydrogen-bond acceptors (Lipinski definition) is 5. The van der Waals surface area contributed by atoms with Gasteiger partial charge >= 0.3 is 0 Å². The second-order valence-corrected chi connectivity index (χ2v) is 7.09. The molecule has 1 fully saturated rings. The minimum Gasteiger partial charge on any atom is -0.324 e. The molecular weight excluding hydrogens is 307 g/mol. The maximum absolute atomic E-state index is 12.8. The minimum absolute atomic E-state index is 0.194. The van der Waals surface area contributed by atoms with Crippen LogP contribution < -0.4 is 5.73 Å². The van der Waals surface area contributed by atoms with E-state index >= 15 is 0 Å². The molecule has 0 unspecified atom stereocenters. The largest absolute Gasteiger partial charge is 0.324 e. The first-order valence-corrected chi connectivity index (χ1v) is 8.90. The zero-order valence-electron chi connectivity index (χ0n) is 11.5. The van der Waals surface area contributed by atoms with Crippen molar-refractivity contribution in [2.45, 2.75) is 35.5 Å². The van der Waals surface area contributed by atoms with Crippen molar-refractivity contribution in [2.75, 3.05) is 11.5 Å². The number of rotatable bonds is 7. The first-order valence-electron chi connectivity index (χ1n) is 6.93. The first kappa shape index (κ1) is 14.9. The van der Waals surface area contributed by atoms with Crippen molar-refractivity contribution in [2.24, 2.45) is 5.73 Å². The molecule has 1 aliphatic rings. The Morgan fingerprint density at radius 3 is 2.52 bits per heavy atom. The molecule has 0 bridgehead atoms. The average molecular weight is 324 g/mol. The van der Waals surface area contributed by atoms with Gasteiger partial charge in [-0.05, 0) is 37.1 Å². The minimum atomic E-state index is -0.194. The van der Waals surface area contributed by atoms with Crippen LogP contribution in [0.15, 0.2) is 34.3 Å². The van der Waals surface area contributed by atoms with Gasteiger partial charge in [0.25, 0.3) is 0 Å². The number of hydrogen-bond donors (Lipinski definition) is 1. The van der Waals surface area contributed by atoms with Gasteiger partial charge in [0.1, 0.15) is 11.6 Å². The molecule has 1 aromatic heterocycles. The Hall–Kier alpha value is -1.05. The van der Waals surface area contributed by atoms with Crippen LogP contribution in [0.25, 0.3) is 0 Å². The van der Waals surface area contributed by atoms with Gasteiger partial charge in [-0.25, -0.2) is 4.39 Å². The van der Waals surface area contributed by atoms with E-state index in [0.717, 1.165) is 27.4 Å². The molecule has 4 nitrogen and oxygen atoms in total. The van der Waals surface area contributed by atoms with Crippen molar-refractivity contribution in [3.05, 3.63) is 35.9 Å². The molecule has 2 N–H and O–H groups in total. The van der Waals surface area contributed by atoms with Gasteiger partial charge < -0.3 is 10.3 Å². The molecule has 112 valence electrons. The molecule has 1 saturated carbocycles. The number of nitrogens with zero attached hydrogens (tertiary/aromatic N) is 3. The number of halogens is 1. The summed E-state index contributed by atoms with van der Waals surface area (Å²) in [4.78, 5) is 1.09. The zero-order chi connectivity index (χ0) is 14.7. The summed E-state index contributed by atoms with van der Waals surface area (Å²) in [5, 5.41) is 9.37. The molecule has 0 spiro atoms. The predicted octanol–water partition coefficient (Wildman–Crippen LogP) is 3.10. The molecule has 1 aliphatic carbocycles. The Bertz CT molecular complexity index is 596. The van der Waals surface area contributed by atoms with Crippen molar-refractivity contribution < 1.29 is 4.39 Å². The fourth-order valence-electron chi connectivity index (χ4n) is 2.07. The van der Waals surface area contributed by atoms with E-state index in [1.807, 2.05) is 12.1 Å². The van der Waals surface area contributed by atoms with E-state index in [-0.39, 0.29) is 5.82 Å². The summed E-state index contributed by atoms with van der Waals surface area (Å²) in [5.41, 5.74) is 5.71. The third-order valence-electron chi connectivity index (χ3n) is 3.23. The van der Waals surface area contributed by atoms with Crippen molar-refractivity contribution in [3.8, 4) is 0 Å². The molecule has 0 saturated heterocycles. The summed E-state index contributed by atoms with van der Waals surface area (Å²) in [6, 6.07) is 7.15. The Kier molecular flexibility index (Phi) is 4.82. The monoisotopic (exact) mass is 324 g/mol. The zero-order valence-corrected chi connectivity index (χ0v) is 13.2. The quantitative estimate of drug-likeness (QED) is 0.626. The number of nitrogens with two attached hydrogens (primary N) is 1. The highest BCUT2D eigenvalue weighted by atomic mass is 32.2. The lowest BCUT2D eigenvalue weighted by Crippen LogP contribution is -2.08. The molecule has 21 heavy (non-hydrogen) atoms. The van der Waals surface area contributed by atoms with Gasteiger partial charge in [-0.3, -0.25) is 0 Å². The molecule has 1 aromatic carbocycles. The lowest BCUT2D eigenvalue weighted by Gasteiger charge is -2.07. The van der Waals surface area contributed by atoms with E-state index in [1.54, 1.807) is 23.5 Å². The van der Waals surface area contributed by atoms with Crippen LogP contribution in [-0.4, -0.2) is 26.3 Å². The third-order valence-corrected chi connectivity index (χ3v) is 5.44. The summed E-state index contributed by atoms with van der Waals surface area (Å²) >= 11 is 3.43. The number of aromatic nitrogens is 3. The van der Waals surface area contributed by atoms with Gasteiger partial charge in [-0.15, -0.1) is 22.0 Å². The maximum atomic E-state index is 12.8. The molecule has 2 aromatic rings. The van der Waals surface area contributed by atoms with Gasteiger partial charge in [0, 0.05) is 22.4 Å². The SMILES string of the molecule is NCc1nnc(SCCSc2ccc(F)cc2)n1C1CC1. The fourth-order valence-corrected chi connectivity index (χ4v) is 3.97. The highest BCUT2D eigenvalue weighted by molar-refractivity contribution is 8.02. The standard InChI is InChI=1S/C14H17FN4S2/c15-10-1-5-12(6-2-10)20-7-8-21-14-18-17-13(9-16)19(14)11-3-4-11/h1-2,5-6,11H,3-4,7-9,16H2. The summed E-state index contributed by atoms with van der Waals surface area (Å²) in [6.07, 6.45) is 2.39. The third kappa shape index (κ3) is 3.78. The summed E-state index contributed by atoms with van der Waals surface area (Å²) in [5.74, 6) is 2.58. The summed E-state index contributed by atoms with van der Waals surface area (Å²) < 4.78 is 15.0. The van der Waals surface area contributed by atoms with Crippen LogP contribution in [-0.2, 0) is 6.54 Å². The molecular formula is C14H17FN4S2. The summed E-state index contributed by atoms with van der Waals surface area (Å²) in [7, 11) is 0. The van der Waals surface area contributed by atoms with Gasteiger partial charge in [0.15, 0.2) is 5.16 Å². The van der Waals surface area contributed by atoms with Gasteiger partial charge in [-0.2, -0.15) is 0 Å². The van der Waals surface area contributed by atoms with Crippen molar-refractivity contribution >= 4 is 23.5 Å². The topological polar surface area (TPSA) is 56.7 Å². The van der Waals surface area contributed by atoms with Crippen LogP contribution in [0.3, 0.4) is 0 Å². The van der Waals surface area contributed by atoms with Crippen LogP contribution in [0.2, 0.25) is 0 Å². The highest BCUT2D eigenvalue weighted by Gasteiger charge is 2.28. The Morgan fingerprint density at radius 2 is 1.86 bits per heavy atom. The number of thioether (sulfide) groups is 2. The Labute approximate surface area is 131 Å². The predicted molar refractivity (Wildman–Crippen MR) is 84.0 cm³/mol. The Morgan fingerprint density at radius 1 is 1.14 bits per heavy atom. The second-order valence-electron chi connectivity index (χ2n) is 4.85. The number of benzene rings is 1. The van der Waals surface area contributed by atoms with Crippen molar-refractivity contribution in [3.63, 3.8) is 0 Å². The fraction of sp³-hybridized carbons (Fsp3) is 0.429. The van der Waals surface area contributed by atoms with Crippen LogP contribution in [0.4, 0.5) is 4.39 Å². The van der Waals surface area contributed by atoms with E-state index < -0.39 is 0 Å². The molecule has 1 heterocycles. The molecule has 0 atom stereocenters. The van der Waals surface area contributed by atoms with Crippen LogP contribution >= 0.6 is 23.5 Å². The van der Waals surface area contributed by atoms with Crippen LogP contribution in [0, 0.1) is 5.82 Å². The molecule has 0 radical (unpaired) electrons. The van der Waals surface area contributed by atoms with Crippen LogP contribution in [0.5, 0.6) is 0 Å². The first-order chi connectivity index (χ1) is 10.3. The maximum Gasteiger partial charge on any atom is 0.191 e. The van der Waals surface area contributed by atoms with Gasteiger partial charge in [-0.1, -0.05) is 11.8 Å². The van der Waals surface area contributed by atoms with E-state index in [9.17, 15) is 4.39 Å². The van der Waals surface area contributed by atoms with Crippen LogP contribution in [0.1, 0.15) is 24.7 Å². The molecule has 3 rings (SSSR count). The molecule has 0 amide bonds. The van der Waals surface area contributed by atoms with Gasteiger partial charge in [0.2, 0.25) is 0 Å². The van der Waals surface area contributed by atoms with E-state index in [1.165, 1.54) is 25.0 Å². The van der Waals surface area contributed by atoms with Crippen molar-refractivity contribution in [1.82, 2.24) is 14.8 Å². The normalized spacial score (nSPS) is 14.6. The van der Waals surface area contributed by atoms with E-state index in [4.69, 9.17) is 5.73 Å². The molecule has 7 heteroatoms. The van der Waals surface area contributed by atoms with E-state index in [0.29, 0.717) is 12.6 Å². The smallest absolute Gasteiger partial charge is 0.191 e. The van der Waals surface area contributed by atoms with E-state index in [2.05, 4.69) is 14.8 Å². The summed E-state index contributed by atoms with van der Waals surface area (Å²) in [6.45, 7) is 0.439. The Balaban J connectivity index is 1.51. The van der Waals surface area contributed by atoms with Crippen molar-refractivity contribution in [1.29, 1.82) is 0 Å². The lowest BCUT2D eigenvalue weighted by atomic mass is 10.4. The average Bonchev–Trinajstić information content (AvgIpc) is 3.26. The highest BCUT2D eigenvalue weighted by Crippen LogP contribution is 2.38. The second kappa shape index (κ2) is 6.81.